The van der Waals surface area contributed by atoms with Crippen LogP contribution in [0.15, 0.2) is 78.0 Å². The number of Topliss-reactive ketones (excluding diaryl/α,β-unsaturated/α-hetero) is 1. The number of ether oxygens (including phenoxy) is 3. The lowest BCUT2D eigenvalue weighted by atomic mass is 9.72. The van der Waals surface area contributed by atoms with Crippen molar-refractivity contribution in [3.8, 4) is 22.9 Å². The molecule has 0 unspecified atom stereocenters. The van der Waals surface area contributed by atoms with Gasteiger partial charge in [-0.25, -0.2) is 4.68 Å². The zero-order chi connectivity index (χ0) is 28.0. The Labute approximate surface area is 238 Å². The van der Waals surface area contributed by atoms with Crippen LogP contribution < -0.4 is 19.5 Å². The van der Waals surface area contributed by atoms with Crippen LogP contribution >= 0.6 is 11.6 Å². The van der Waals surface area contributed by atoms with Crippen LogP contribution in [0.1, 0.15) is 47.1 Å². The van der Waals surface area contributed by atoms with Crippen LogP contribution in [-0.2, 0) is 4.79 Å². The number of allylic oxidation sites excluding steroid dienone is 2. The highest BCUT2D eigenvalue weighted by Gasteiger charge is 2.41. The van der Waals surface area contributed by atoms with Gasteiger partial charge in [0.25, 0.3) is 0 Å². The highest BCUT2D eigenvalue weighted by atomic mass is 35.5. The molecule has 2 atom stereocenters. The topological polar surface area (TPSA) is 74.6 Å². The number of methoxy groups -OCH3 is 3. The Kier molecular flexibility index (Phi) is 6.76. The number of ketones is 1. The first-order chi connectivity index (χ1) is 19.4. The summed E-state index contributed by atoms with van der Waals surface area (Å²) in [4.78, 5) is 14.1. The zero-order valence-corrected chi connectivity index (χ0v) is 23.6. The van der Waals surface area contributed by atoms with Crippen molar-refractivity contribution in [1.82, 2.24) is 9.78 Å². The van der Waals surface area contributed by atoms with Gasteiger partial charge in [-0.2, -0.15) is 5.10 Å². The molecule has 0 amide bonds. The largest absolute Gasteiger partial charge is 0.493 e. The van der Waals surface area contributed by atoms with Gasteiger partial charge in [-0.1, -0.05) is 41.9 Å². The van der Waals surface area contributed by atoms with E-state index >= 15 is 0 Å². The average Bonchev–Trinajstić information content (AvgIpc) is 3.31. The number of rotatable bonds is 6. The molecule has 1 aliphatic heterocycles. The average molecular weight is 556 g/mol. The first-order valence-corrected chi connectivity index (χ1v) is 13.5. The monoisotopic (exact) mass is 555 g/mol. The fraction of sp³-hybridized carbons (Fsp3) is 0.250. The highest BCUT2D eigenvalue weighted by molar-refractivity contribution is 6.30. The molecule has 3 aromatic carbocycles. The van der Waals surface area contributed by atoms with Gasteiger partial charge in [0.05, 0.1) is 32.7 Å². The number of nitrogens with zero attached hydrogens (tertiary/aromatic N) is 2. The van der Waals surface area contributed by atoms with Gasteiger partial charge in [-0.15, -0.1) is 0 Å². The van der Waals surface area contributed by atoms with E-state index in [1.807, 2.05) is 78.3 Å². The molecular formula is C32H30ClN3O4. The number of carbonyl (C=O) groups excluding carboxylic acids is 1. The fourth-order valence-corrected chi connectivity index (χ4v) is 6.12. The van der Waals surface area contributed by atoms with E-state index in [1.165, 1.54) is 0 Å². The van der Waals surface area contributed by atoms with Crippen molar-refractivity contribution < 1.29 is 19.0 Å². The third kappa shape index (κ3) is 4.31. The van der Waals surface area contributed by atoms with Crippen LogP contribution in [0.3, 0.4) is 0 Å². The number of para-hydroxylation sites is 1. The van der Waals surface area contributed by atoms with E-state index in [1.54, 1.807) is 21.3 Å². The molecule has 4 aromatic rings. The third-order valence-corrected chi connectivity index (χ3v) is 8.08. The lowest BCUT2D eigenvalue weighted by Gasteiger charge is -2.36. The quantitative estimate of drug-likeness (QED) is 0.281. The van der Waals surface area contributed by atoms with Crippen molar-refractivity contribution in [2.75, 3.05) is 26.6 Å². The second-order valence-corrected chi connectivity index (χ2v) is 10.5. The molecule has 1 aliphatic carbocycles. The Morgan fingerprint density at radius 1 is 0.900 bits per heavy atom. The first-order valence-electron chi connectivity index (χ1n) is 13.2. The smallest absolute Gasteiger partial charge is 0.203 e. The summed E-state index contributed by atoms with van der Waals surface area (Å²) >= 11 is 6.25. The minimum absolute atomic E-state index is 0.0749. The Hall–Kier alpha value is -4.23. The molecule has 0 radical (unpaired) electrons. The maximum absolute atomic E-state index is 14.1. The van der Waals surface area contributed by atoms with Crippen LogP contribution in [0.25, 0.3) is 5.69 Å². The van der Waals surface area contributed by atoms with E-state index in [0.717, 1.165) is 45.2 Å². The predicted octanol–water partition coefficient (Wildman–Crippen LogP) is 6.82. The summed E-state index contributed by atoms with van der Waals surface area (Å²) in [5.41, 5.74) is 6.48. The molecule has 6 rings (SSSR count). The van der Waals surface area contributed by atoms with Crippen molar-refractivity contribution in [2.24, 2.45) is 0 Å². The molecule has 8 heteroatoms. The number of carbonyl (C=O) groups is 1. The molecule has 0 spiro atoms. The van der Waals surface area contributed by atoms with Crippen molar-refractivity contribution in [2.45, 2.75) is 31.6 Å². The number of hydrogen-bond donors (Lipinski definition) is 1. The van der Waals surface area contributed by atoms with E-state index in [4.69, 9.17) is 30.9 Å². The summed E-state index contributed by atoms with van der Waals surface area (Å²) < 4.78 is 18.7. The number of hydrogen-bond acceptors (Lipinski definition) is 6. The number of fused-ring (bicyclic) bond motifs is 1. The molecule has 1 N–H and O–H groups in total. The van der Waals surface area contributed by atoms with Crippen molar-refractivity contribution in [3.63, 3.8) is 0 Å². The standard InChI is InChI=1S/C32H30ClN3O4/c1-18-28-29(19-10-12-22(33)13-11-19)30-24(34-32(28)36(35-18)23-8-6-5-7-9-23)14-20(15-25(30)37)21-16-26(38-2)31(40-4)27(17-21)39-3/h5-13,16-17,20,29,34H,14-15H2,1-4H3/t20-,29-/m1/s1. The number of aryl methyl sites for hydroxylation is 1. The molecule has 0 fully saturated rings. The normalized spacial score (nSPS) is 18.1. The summed E-state index contributed by atoms with van der Waals surface area (Å²) in [6, 6.07) is 21.7. The summed E-state index contributed by atoms with van der Waals surface area (Å²) in [6.07, 6.45) is 1.01. The molecular weight excluding hydrogens is 526 g/mol. The van der Waals surface area contributed by atoms with E-state index in [9.17, 15) is 4.79 Å². The van der Waals surface area contributed by atoms with Gasteiger partial charge < -0.3 is 19.5 Å². The van der Waals surface area contributed by atoms with Crippen LogP contribution in [0.4, 0.5) is 5.82 Å². The van der Waals surface area contributed by atoms with Gasteiger partial charge in [0, 0.05) is 34.2 Å². The summed E-state index contributed by atoms with van der Waals surface area (Å²) in [7, 11) is 4.78. The van der Waals surface area contributed by atoms with Gasteiger partial charge in [-0.05, 0) is 66.8 Å². The molecule has 0 saturated heterocycles. The minimum atomic E-state index is -0.255. The van der Waals surface area contributed by atoms with Crippen LogP contribution in [0, 0.1) is 6.92 Å². The lowest BCUT2D eigenvalue weighted by molar-refractivity contribution is -0.116. The molecule has 1 aromatic heterocycles. The van der Waals surface area contributed by atoms with Gasteiger partial charge in [-0.3, -0.25) is 4.79 Å². The number of halogens is 1. The Morgan fingerprint density at radius 2 is 1.57 bits per heavy atom. The van der Waals surface area contributed by atoms with Gasteiger partial charge in [0.15, 0.2) is 17.3 Å². The number of benzene rings is 3. The summed E-state index contributed by atoms with van der Waals surface area (Å²) in [5.74, 6) is 2.31. The van der Waals surface area contributed by atoms with Gasteiger partial charge in [0.2, 0.25) is 5.75 Å². The number of aromatic nitrogens is 2. The van der Waals surface area contributed by atoms with Crippen LogP contribution in [-0.4, -0.2) is 36.9 Å². The van der Waals surface area contributed by atoms with Crippen molar-refractivity contribution in [3.05, 3.63) is 105 Å². The summed E-state index contributed by atoms with van der Waals surface area (Å²) in [5, 5.41) is 9.23. The molecule has 0 bridgehead atoms. The van der Waals surface area contributed by atoms with E-state index in [2.05, 4.69) is 5.32 Å². The van der Waals surface area contributed by atoms with Crippen LogP contribution in [0.5, 0.6) is 17.2 Å². The SMILES string of the molecule is COc1cc([C@H]2CC(=O)C3=C(C2)Nc2c(c(C)nn2-c2ccccc2)[C@H]3c2ccc(Cl)cc2)cc(OC)c1OC. The predicted molar refractivity (Wildman–Crippen MR) is 155 cm³/mol. The molecule has 2 aliphatic rings. The molecule has 2 heterocycles. The number of anilines is 1. The number of nitrogens with one attached hydrogen (secondary N) is 1. The lowest BCUT2D eigenvalue weighted by Crippen LogP contribution is -2.30. The Morgan fingerprint density at radius 3 is 2.20 bits per heavy atom. The first kappa shape index (κ1) is 26.0. The van der Waals surface area contributed by atoms with E-state index in [0.29, 0.717) is 35.1 Å². The molecule has 7 nitrogen and oxygen atoms in total. The maximum Gasteiger partial charge on any atom is 0.203 e. The van der Waals surface area contributed by atoms with Gasteiger partial charge >= 0.3 is 0 Å². The third-order valence-electron chi connectivity index (χ3n) is 7.82. The van der Waals surface area contributed by atoms with E-state index in [-0.39, 0.29) is 17.6 Å². The summed E-state index contributed by atoms with van der Waals surface area (Å²) in [6.45, 7) is 2.00. The van der Waals surface area contributed by atoms with E-state index < -0.39 is 0 Å². The molecule has 0 saturated carbocycles. The second-order valence-electron chi connectivity index (χ2n) is 10.1. The van der Waals surface area contributed by atoms with Gasteiger partial charge in [0.1, 0.15) is 5.82 Å². The highest BCUT2D eigenvalue weighted by Crippen LogP contribution is 2.51. The molecule has 204 valence electrons. The minimum Gasteiger partial charge on any atom is -0.493 e. The second kappa shape index (κ2) is 10.4. The van der Waals surface area contributed by atoms with Crippen LogP contribution in [0.2, 0.25) is 5.02 Å². The Balaban J connectivity index is 1.49. The maximum atomic E-state index is 14.1. The van der Waals surface area contributed by atoms with Crippen molar-refractivity contribution in [1.29, 1.82) is 0 Å². The molecule has 40 heavy (non-hydrogen) atoms. The van der Waals surface area contributed by atoms with Crippen molar-refractivity contribution >= 4 is 23.2 Å². The Bertz CT molecular complexity index is 1600. The fourth-order valence-electron chi connectivity index (χ4n) is 5.99. The zero-order valence-electron chi connectivity index (χ0n) is 22.8.